The van der Waals surface area contributed by atoms with Gasteiger partial charge in [-0.2, -0.15) is 0 Å². The fourth-order valence-electron chi connectivity index (χ4n) is 3.56. The molecule has 5 nitrogen and oxygen atoms in total. The third-order valence-corrected chi connectivity index (χ3v) is 4.78. The fraction of sp³-hybridized carbons (Fsp3) is 0.556. The van der Waals surface area contributed by atoms with Gasteiger partial charge in [0.15, 0.2) is 0 Å². The van der Waals surface area contributed by atoms with Gasteiger partial charge < -0.3 is 5.11 Å². The number of aliphatic hydroxyl groups is 1. The van der Waals surface area contributed by atoms with Crippen molar-refractivity contribution in [2.24, 2.45) is 0 Å². The van der Waals surface area contributed by atoms with Crippen LogP contribution in [0, 0.1) is 6.92 Å². The lowest BCUT2D eigenvalue weighted by molar-refractivity contribution is 0.116. The molecule has 0 saturated heterocycles. The predicted molar refractivity (Wildman–Crippen MR) is 90.6 cm³/mol. The van der Waals surface area contributed by atoms with Gasteiger partial charge in [-0.3, -0.25) is 14.1 Å². The molecule has 0 spiro atoms. The molecule has 2 aromatic heterocycles. The molecule has 0 atom stereocenters. The zero-order chi connectivity index (χ0) is 16.2. The Morgan fingerprint density at radius 1 is 1.35 bits per heavy atom. The molecule has 23 heavy (non-hydrogen) atoms. The summed E-state index contributed by atoms with van der Waals surface area (Å²) in [6.45, 7) is 3.38. The highest BCUT2D eigenvalue weighted by Gasteiger charge is 2.21. The third kappa shape index (κ3) is 3.62. The summed E-state index contributed by atoms with van der Waals surface area (Å²) in [6, 6.07) is 5.95. The highest BCUT2D eigenvalue weighted by atomic mass is 16.3. The van der Waals surface area contributed by atoms with E-state index in [0.717, 1.165) is 16.9 Å². The molecule has 1 aliphatic rings. The van der Waals surface area contributed by atoms with Crippen LogP contribution in [-0.4, -0.2) is 38.6 Å². The minimum Gasteiger partial charge on any atom is -0.395 e. The van der Waals surface area contributed by atoms with Crippen LogP contribution in [-0.2, 0) is 6.54 Å². The molecule has 124 valence electrons. The number of aryl methyl sites for hydroxylation is 1. The van der Waals surface area contributed by atoms with Gasteiger partial charge in [0.1, 0.15) is 5.65 Å². The molecule has 0 aromatic carbocycles. The molecule has 0 bridgehead atoms. The molecule has 0 unspecified atom stereocenters. The van der Waals surface area contributed by atoms with Gasteiger partial charge in [-0.1, -0.05) is 25.3 Å². The van der Waals surface area contributed by atoms with Crippen molar-refractivity contribution in [2.45, 2.75) is 51.6 Å². The monoisotopic (exact) mass is 315 g/mol. The molecule has 5 heteroatoms. The number of aromatic nitrogens is 2. The van der Waals surface area contributed by atoms with Crippen molar-refractivity contribution in [1.29, 1.82) is 0 Å². The number of hydrogen-bond acceptors (Lipinski definition) is 4. The Morgan fingerprint density at radius 3 is 2.87 bits per heavy atom. The summed E-state index contributed by atoms with van der Waals surface area (Å²) in [5.74, 6) is 0. The lowest BCUT2D eigenvalue weighted by Crippen LogP contribution is -2.38. The van der Waals surface area contributed by atoms with E-state index < -0.39 is 0 Å². The van der Waals surface area contributed by atoms with Gasteiger partial charge >= 0.3 is 0 Å². The summed E-state index contributed by atoms with van der Waals surface area (Å²) in [5, 5.41) is 9.39. The van der Waals surface area contributed by atoms with Crippen molar-refractivity contribution in [3.05, 3.63) is 46.0 Å². The summed E-state index contributed by atoms with van der Waals surface area (Å²) in [4.78, 5) is 19.3. The SMILES string of the molecule is Cc1cccn2c(=O)cc(CN(CCO)C3CCCCC3)nc12. The first-order chi connectivity index (χ1) is 11.2. The predicted octanol–water partition coefficient (Wildman–Crippen LogP) is 2.13. The van der Waals surface area contributed by atoms with Gasteiger partial charge in [-0.25, -0.2) is 4.98 Å². The quantitative estimate of drug-likeness (QED) is 0.918. The molecule has 1 saturated carbocycles. The average Bonchev–Trinajstić information content (AvgIpc) is 2.56. The topological polar surface area (TPSA) is 57.8 Å². The van der Waals surface area contributed by atoms with Gasteiger partial charge in [0.05, 0.1) is 12.3 Å². The van der Waals surface area contributed by atoms with Crippen molar-refractivity contribution >= 4 is 5.65 Å². The summed E-state index contributed by atoms with van der Waals surface area (Å²) < 4.78 is 1.59. The Morgan fingerprint density at radius 2 is 2.13 bits per heavy atom. The van der Waals surface area contributed by atoms with Crippen LogP contribution in [0.25, 0.3) is 5.65 Å². The summed E-state index contributed by atoms with van der Waals surface area (Å²) >= 11 is 0. The third-order valence-electron chi connectivity index (χ3n) is 4.78. The van der Waals surface area contributed by atoms with E-state index >= 15 is 0 Å². The van der Waals surface area contributed by atoms with E-state index in [0.29, 0.717) is 19.1 Å². The zero-order valence-electron chi connectivity index (χ0n) is 13.7. The smallest absolute Gasteiger partial charge is 0.258 e. The molecular formula is C18H25N3O2. The number of nitrogens with zero attached hydrogens (tertiary/aromatic N) is 3. The molecule has 0 aliphatic heterocycles. The highest BCUT2D eigenvalue weighted by Crippen LogP contribution is 2.23. The normalized spacial score (nSPS) is 16.3. The molecule has 2 heterocycles. The molecule has 3 rings (SSSR count). The van der Waals surface area contributed by atoms with Crippen LogP contribution in [0.2, 0.25) is 0 Å². The first kappa shape index (κ1) is 16.1. The van der Waals surface area contributed by atoms with Crippen molar-refractivity contribution < 1.29 is 5.11 Å². The number of aliphatic hydroxyl groups excluding tert-OH is 1. The van der Waals surface area contributed by atoms with E-state index in [1.807, 2.05) is 19.1 Å². The van der Waals surface area contributed by atoms with E-state index in [1.165, 1.54) is 32.1 Å². The van der Waals surface area contributed by atoms with E-state index in [-0.39, 0.29) is 12.2 Å². The van der Waals surface area contributed by atoms with Gasteiger partial charge in [-0.05, 0) is 31.4 Å². The minimum atomic E-state index is -0.0405. The molecular weight excluding hydrogens is 290 g/mol. The molecule has 2 aromatic rings. The van der Waals surface area contributed by atoms with E-state index in [2.05, 4.69) is 4.90 Å². The van der Waals surface area contributed by atoms with Crippen LogP contribution in [0.5, 0.6) is 0 Å². The van der Waals surface area contributed by atoms with Crippen LogP contribution < -0.4 is 5.56 Å². The second kappa shape index (κ2) is 7.23. The Bertz CT molecular complexity index is 720. The van der Waals surface area contributed by atoms with Crippen LogP contribution in [0.1, 0.15) is 43.4 Å². The van der Waals surface area contributed by atoms with Gasteiger partial charge in [0, 0.05) is 31.4 Å². The van der Waals surface area contributed by atoms with Gasteiger partial charge in [0.2, 0.25) is 0 Å². The number of rotatable bonds is 5. The summed E-state index contributed by atoms with van der Waals surface area (Å²) in [7, 11) is 0. The number of pyridine rings is 1. The first-order valence-electron chi connectivity index (χ1n) is 8.52. The van der Waals surface area contributed by atoms with E-state index in [4.69, 9.17) is 4.98 Å². The molecule has 0 radical (unpaired) electrons. The fourth-order valence-corrected chi connectivity index (χ4v) is 3.56. The second-order valence-electron chi connectivity index (χ2n) is 6.46. The van der Waals surface area contributed by atoms with Crippen LogP contribution in [0.3, 0.4) is 0 Å². The van der Waals surface area contributed by atoms with Crippen molar-refractivity contribution in [1.82, 2.24) is 14.3 Å². The summed E-state index contributed by atoms with van der Waals surface area (Å²) in [6.07, 6.45) is 7.91. The van der Waals surface area contributed by atoms with Crippen LogP contribution >= 0.6 is 0 Å². The Balaban J connectivity index is 1.89. The van der Waals surface area contributed by atoms with Crippen molar-refractivity contribution in [3.8, 4) is 0 Å². The Hall–Kier alpha value is -1.72. The molecule has 1 fully saturated rings. The Kier molecular flexibility index (Phi) is 5.08. The maximum atomic E-state index is 12.3. The van der Waals surface area contributed by atoms with Crippen LogP contribution in [0.15, 0.2) is 29.2 Å². The number of fused-ring (bicyclic) bond motifs is 1. The highest BCUT2D eigenvalue weighted by molar-refractivity contribution is 5.46. The lowest BCUT2D eigenvalue weighted by Gasteiger charge is -2.33. The van der Waals surface area contributed by atoms with Crippen molar-refractivity contribution in [2.75, 3.05) is 13.2 Å². The largest absolute Gasteiger partial charge is 0.395 e. The lowest BCUT2D eigenvalue weighted by atomic mass is 9.94. The van der Waals surface area contributed by atoms with Gasteiger partial charge in [0.25, 0.3) is 5.56 Å². The Labute approximate surface area is 136 Å². The maximum absolute atomic E-state index is 12.3. The standard InChI is InChI=1S/C18H25N3O2/c1-14-6-5-9-21-17(23)12-15(19-18(14)21)13-20(10-11-22)16-7-3-2-4-8-16/h5-6,9,12,16,22H,2-4,7-8,10-11,13H2,1H3. The minimum absolute atomic E-state index is 0.0405. The zero-order valence-corrected chi connectivity index (χ0v) is 13.7. The van der Waals surface area contributed by atoms with Gasteiger partial charge in [-0.15, -0.1) is 0 Å². The number of hydrogen-bond donors (Lipinski definition) is 1. The molecule has 1 aliphatic carbocycles. The van der Waals surface area contributed by atoms with Crippen LogP contribution in [0.4, 0.5) is 0 Å². The maximum Gasteiger partial charge on any atom is 0.258 e. The average molecular weight is 315 g/mol. The van der Waals surface area contributed by atoms with E-state index in [9.17, 15) is 9.90 Å². The second-order valence-corrected chi connectivity index (χ2v) is 6.46. The van der Waals surface area contributed by atoms with Crippen molar-refractivity contribution in [3.63, 3.8) is 0 Å². The summed E-state index contributed by atoms with van der Waals surface area (Å²) in [5.41, 5.74) is 2.48. The van der Waals surface area contributed by atoms with E-state index in [1.54, 1.807) is 16.7 Å². The molecule has 0 amide bonds. The first-order valence-corrected chi connectivity index (χ1v) is 8.52. The molecule has 1 N–H and O–H groups in total.